The van der Waals surface area contributed by atoms with Gasteiger partial charge in [0.25, 0.3) is 0 Å². The standard InChI is InChI=1S/C14H24N6O2/c1-19(2)12-16-11(17-18-12)8-15-13(21)20-7-3-6-14(22,9-20)10-4-5-10/h10,22H,3-9H2,1-2H3,(H,15,21)(H,16,17,18). The number of hydrogen-bond acceptors (Lipinski definition) is 5. The van der Waals surface area contributed by atoms with Crippen LogP contribution in [0.25, 0.3) is 0 Å². The lowest BCUT2D eigenvalue weighted by atomic mass is 9.88. The number of H-pyrrole nitrogens is 1. The third-order valence-corrected chi connectivity index (χ3v) is 4.45. The predicted octanol–water partition coefficient (Wildman–Crippen LogP) is 0.317. The molecule has 0 radical (unpaired) electrons. The Bertz CT molecular complexity index is 541. The van der Waals surface area contributed by atoms with Gasteiger partial charge < -0.3 is 20.2 Å². The highest BCUT2D eigenvalue weighted by Crippen LogP contribution is 2.44. The summed E-state index contributed by atoms with van der Waals surface area (Å²) in [5.41, 5.74) is -0.681. The maximum absolute atomic E-state index is 12.3. The summed E-state index contributed by atoms with van der Waals surface area (Å²) < 4.78 is 0. The van der Waals surface area contributed by atoms with Crippen molar-refractivity contribution in [2.24, 2.45) is 5.92 Å². The van der Waals surface area contributed by atoms with Crippen molar-refractivity contribution >= 4 is 12.0 Å². The number of hydrogen-bond donors (Lipinski definition) is 3. The van der Waals surface area contributed by atoms with E-state index in [1.165, 1.54) is 0 Å². The molecule has 0 bridgehead atoms. The van der Waals surface area contributed by atoms with E-state index in [4.69, 9.17) is 0 Å². The summed E-state index contributed by atoms with van der Waals surface area (Å²) in [6.07, 6.45) is 3.82. The van der Waals surface area contributed by atoms with Gasteiger partial charge in [-0.3, -0.25) is 5.10 Å². The number of likely N-dealkylation sites (tertiary alicyclic amines) is 1. The molecule has 1 unspecified atom stereocenters. The minimum Gasteiger partial charge on any atom is -0.388 e. The van der Waals surface area contributed by atoms with Gasteiger partial charge in [-0.25, -0.2) is 4.79 Å². The largest absolute Gasteiger partial charge is 0.388 e. The maximum Gasteiger partial charge on any atom is 0.317 e. The van der Waals surface area contributed by atoms with Crippen molar-refractivity contribution in [1.29, 1.82) is 0 Å². The third-order valence-electron chi connectivity index (χ3n) is 4.45. The summed E-state index contributed by atoms with van der Waals surface area (Å²) in [6.45, 7) is 1.43. The Morgan fingerprint density at radius 1 is 1.55 bits per heavy atom. The number of rotatable bonds is 4. The van der Waals surface area contributed by atoms with Crippen molar-refractivity contribution in [1.82, 2.24) is 25.4 Å². The lowest BCUT2D eigenvalue weighted by molar-refractivity contribution is -0.0362. The molecule has 1 saturated heterocycles. The average molecular weight is 308 g/mol. The third kappa shape index (κ3) is 3.16. The van der Waals surface area contributed by atoms with Gasteiger partial charge in [0.15, 0.2) is 0 Å². The van der Waals surface area contributed by atoms with Crippen LogP contribution < -0.4 is 10.2 Å². The van der Waals surface area contributed by atoms with Gasteiger partial charge >= 0.3 is 6.03 Å². The number of carbonyl (C=O) groups is 1. The molecular weight excluding hydrogens is 284 g/mol. The highest BCUT2D eigenvalue weighted by Gasteiger charge is 2.46. The van der Waals surface area contributed by atoms with Gasteiger partial charge in [0, 0.05) is 20.6 Å². The molecule has 1 aromatic heterocycles. The van der Waals surface area contributed by atoms with Gasteiger partial charge in [-0.2, -0.15) is 4.98 Å². The van der Waals surface area contributed by atoms with E-state index < -0.39 is 5.60 Å². The van der Waals surface area contributed by atoms with Gasteiger partial charge in [0.1, 0.15) is 5.82 Å². The monoisotopic (exact) mass is 308 g/mol. The molecule has 1 aromatic rings. The zero-order valence-corrected chi connectivity index (χ0v) is 13.2. The van der Waals surface area contributed by atoms with E-state index in [0.29, 0.717) is 37.3 Å². The van der Waals surface area contributed by atoms with Crippen molar-refractivity contribution in [3.05, 3.63) is 5.82 Å². The number of nitrogens with one attached hydrogen (secondary N) is 2. The minimum absolute atomic E-state index is 0.151. The molecule has 1 atom stereocenters. The van der Waals surface area contributed by atoms with Crippen LogP contribution in [-0.2, 0) is 6.54 Å². The molecule has 8 heteroatoms. The van der Waals surface area contributed by atoms with Crippen LogP contribution in [0.1, 0.15) is 31.5 Å². The molecule has 1 aliphatic carbocycles. The van der Waals surface area contributed by atoms with Crippen molar-refractivity contribution in [3.8, 4) is 0 Å². The van der Waals surface area contributed by atoms with E-state index in [0.717, 1.165) is 25.7 Å². The molecule has 8 nitrogen and oxygen atoms in total. The van der Waals surface area contributed by atoms with E-state index in [9.17, 15) is 9.90 Å². The number of aliphatic hydroxyl groups is 1. The molecule has 3 rings (SSSR count). The molecule has 0 spiro atoms. The summed E-state index contributed by atoms with van der Waals surface area (Å²) in [7, 11) is 3.72. The molecule has 22 heavy (non-hydrogen) atoms. The molecule has 1 aliphatic heterocycles. The van der Waals surface area contributed by atoms with Crippen molar-refractivity contribution in [3.63, 3.8) is 0 Å². The van der Waals surface area contributed by atoms with Crippen LogP contribution in [0.15, 0.2) is 0 Å². The summed E-state index contributed by atoms with van der Waals surface area (Å²) >= 11 is 0. The quantitative estimate of drug-likeness (QED) is 0.744. The lowest BCUT2D eigenvalue weighted by Gasteiger charge is -2.39. The molecule has 1 saturated carbocycles. The minimum atomic E-state index is -0.681. The Balaban J connectivity index is 1.52. The summed E-state index contributed by atoms with van der Waals surface area (Å²) in [5, 5.41) is 20.3. The van der Waals surface area contributed by atoms with Gasteiger partial charge in [-0.05, 0) is 31.6 Å². The first-order valence-corrected chi connectivity index (χ1v) is 7.82. The van der Waals surface area contributed by atoms with Crippen molar-refractivity contribution in [2.75, 3.05) is 32.1 Å². The Hall–Kier alpha value is -1.83. The second-order valence-corrected chi connectivity index (χ2v) is 6.54. The fraction of sp³-hybridized carbons (Fsp3) is 0.786. The van der Waals surface area contributed by atoms with Crippen LogP contribution in [0.2, 0.25) is 0 Å². The molecule has 122 valence electrons. The zero-order chi connectivity index (χ0) is 15.7. The maximum atomic E-state index is 12.3. The SMILES string of the molecule is CN(C)c1n[nH]c(CNC(=O)N2CCCC(O)(C3CC3)C2)n1. The number of aromatic nitrogens is 3. The second kappa shape index (κ2) is 5.75. The number of aromatic amines is 1. The summed E-state index contributed by atoms with van der Waals surface area (Å²) in [6, 6.07) is -0.151. The van der Waals surface area contributed by atoms with E-state index >= 15 is 0 Å². The highest BCUT2D eigenvalue weighted by molar-refractivity contribution is 5.74. The van der Waals surface area contributed by atoms with Crippen LogP contribution in [0.5, 0.6) is 0 Å². The van der Waals surface area contributed by atoms with Crippen LogP contribution in [0.3, 0.4) is 0 Å². The molecule has 2 amide bonds. The highest BCUT2D eigenvalue weighted by atomic mass is 16.3. The number of β-amino-alcohol motifs (C(OH)–C–C–N with tert-alkyl or cyclic N) is 1. The number of carbonyl (C=O) groups excluding carboxylic acids is 1. The number of nitrogens with zero attached hydrogens (tertiary/aromatic N) is 4. The normalized spacial score (nSPS) is 25.1. The van der Waals surface area contributed by atoms with Gasteiger partial charge in [-0.15, -0.1) is 5.10 Å². The van der Waals surface area contributed by atoms with Gasteiger partial charge in [0.05, 0.1) is 18.7 Å². The zero-order valence-electron chi connectivity index (χ0n) is 13.2. The predicted molar refractivity (Wildman–Crippen MR) is 81.4 cm³/mol. The molecule has 0 aromatic carbocycles. The summed E-state index contributed by atoms with van der Waals surface area (Å²) in [5.74, 6) is 1.58. The van der Waals surface area contributed by atoms with Crippen LogP contribution in [0, 0.1) is 5.92 Å². The molecule has 2 heterocycles. The molecular formula is C14H24N6O2. The summed E-state index contributed by atoms with van der Waals surface area (Å²) in [4.78, 5) is 20.1. The molecule has 2 aliphatic rings. The molecule has 2 fully saturated rings. The van der Waals surface area contributed by atoms with Crippen LogP contribution in [-0.4, -0.2) is 64.0 Å². The smallest absolute Gasteiger partial charge is 0.317 e. The first-order valence-electron chi connectivity index (χ1n) is 7.82. The fourth-order valence-corrected chi connectivity index (χ4v) is 3.03. The first kappa shape index (κ1) is 15.1. The van der Waals surface area contributed by atoms with E-state index in [1.807, 2.05) is 14.1 Å². The Kier molecular flexibility index (Phi) is 3.94. The topological polar surface area (TPSA) is 97.4 Å². The number of anilines is 1. The van der Waals surface area contributed by atoms with Crippen molar-refractivity contribution < 1.29 is 9.90 Å². The number of amides is 2. The first-order chi connectivity index (χ1) is 10.5. The number of piperidine rings is 1. The van der Waals surface area contributed by atoms with Crippen LogP contribution >= 0.6 is 0 Å². The Labute approximate surface area is 129 Å². The fourth-order valence-electron chi connectivity index (χ4n) is 3.03. The van der Waals surface area contributed by atoms with E-state index in [2.05, 4.69) is 20.5 Å². The van der Waals surface area contributed by atoms with E-state index in [-0.39, 0.29) is 6.03 Å². The molecule has 3 N–H and O–H groups in total. The number of urea groups is 1. The lowest BCUT2D eigenvalue weighted by Crippen LogP contribution is -2.54. The Morgan fingerprint density at radius 3 is 2.95 bits per heavy atom. The average Bonchev–Trinajstić information content (AvgIpc) is 3.24. The van der Waals surface area contributed by atoms with E-state index in [1.54, 1.807) is 9.80 Å². The second-order valence-electron chi connectivity index (χ2n) is 6.54. The Morgan fingerprint density at radius 2 is 2.32 bits per heavy atom. The van der Waals surface area contributed by atoms with Gasteiger partial charge in [0.2, 0.25) is 5.95 Å². The van der Waals surface area contributed by atoms with Gasteiger partial charge in [-0.1, -0.05) is 0 Å². The van der Waals surface area contributed by atoms with Crippen molar-refractivity contribution in [2.45, 2.75) is 37.8 Å². The van der Waals surface area contributed by atoms with Crippen LogP contribution in [0.4, 0.5) is 10.7 Å².